The molecule has 0 bridgehead atoms. The lowest BCUT2D eigenvalue weighted by Crippen LogP contribution is -2.24. The van der Waals surface area contributed by atoms with Gasteiger partial charge in [-0.3, -0.25) is 9.52 Å². The van der Waals surface area contributed by atoms with Crippen LogP contribution in [0, 0.1) is 11.8 Å². The van der Waals surface area contributed by atoms with E-state index < -0.39 is 10.2 Å². The molecule has 0 aliphatic rings. The molecule has 0 fully saturated rings. The second-order valence-electron chi connectivity index (χ2n) is 4.75. The Labute approximate surface area is 113 Å². The van der Waals surface area contributed by atoms with E-state index in [2.05, 4.69) is 10.0 Å². The zero-order chi connectivity index (χ0) is 14.6. The third-order valence-corrected chi connectivity index (χ3v) is 3.32. The highest BCUT2D eigenvalue weighted by Crippen LogP contribution is 2.18. The average Bonchev–Trinajstić information content (AvgIpc) is 2.25. The van der Waals surface area contributed by atoms with Crippen molar-refractivity contribution in [3.63, 3.8) is 0 Å². The van der Waals surface area contributed by atoms with Crippen LogP contribution in [0.3, 0.4) is 0 Å². The van der Waals surface area contributed by atoms with Gasteiger partial charge in [-0.2, -0.15) is 8.42 Å². The first-order valence-corrected chi connectivity index (χ1v) is 7.45. The van der Waals surface area contributed by atoms with Crippen LogP contribution in [0.5, 0.6) is 0 Å². The molecule has 19 heavy (non-hydrogen) atoms. The fourth-order valence-corrected chi connectivity index (χ4v) is 1.84. The van der Waals surface area contributed by atoms with Crippen molar-refractivity contribution < 1.29 is 13.2 Å². The molecule has 1 aromatic carbocycles. The van der Waals surface area contributed by atoms with Gasteiger partial charge in [-0.1, -0.05) is 26.8 Å². The summed E-state index contributed by atoms with van der Waals surface area (Å²) >= 11 is 0. The van der Waals surface area contributed by atoms with Gasteiger partial charge in [-0.05, 0) is 24.1 Å². The molecule has 0 aliphatic carbocycles. The predicted molar refractivity (Wildman–Crippen MR) is 75.8 cm³/mol. The van der Waals surface area contributed by atoms with Gasteiger partial charge in [-0.15, -0.1) is 0 Å². The molecule has 4 N–H and O–H groups in total. The van der Waals surface area contributed by atoms with E-state index in [1.54, 1.807) is 18.2 Å². The van der Waals surface area contributed by atoms with Crippen LogP contribution < -0.4 is 15.2 Å². The summed E-state index contributed by atoms with van der Waals surface area (Å²) in [5.41, 5.74) is 0.823. The Morgan fingerprint density at radius 2 is 1.79 bits per heavy atom. The average molecular weight is 285 g/mol. The first kappa shape index (κ1) is 15.5. The van der Waals surface area contributed by atoms with Crippen LogP contribution in [0.15, 0.2) is 24.3 Å². The minimum absolute atomic E-state index is 0.109. The summed E-state index contributed by atoms with van der Waals surface area (Å²) in [6.45, 7) is 5.76. The highest BCUT2D eigenvalue weighted by molar-refractivity contribution is 7.90. The zero-order valence-electron chi connectivity index (χ0n) is 11.2. The maximum absolute atomic E-state index is 11.9. The minimum atomic E-state index is -3.81. The van der Waals surface area contributed by atoms with E-state index in [0.717, 1.165) is 0 Å². The summed E-state index contributed by atoms with van der Waals surface area (Å²) in [6.07, 6.45) is 0. The molecular formula is C12H19N3O3S. The Morgan fingerprint density at radius 1 is 1.21 bits per heavy atom. The maximum atomic E-state index is 11.9. The van der Waals surface area contributed by atoms with Gasteiger partial charge < -0.3 is 5.32 Å². The third kappa shape index (κ3) is 5.27. The Bertz CT molecular complexity index is 555. The zero-order valence-corrected chi connectivity index (χ0v) is 12.0. The van der Waals surface area contributed by atoms with E-state index in [9.17, 15) is 13.2 Å². The number of hydrogen-bond acceptors (Lipinski definition) is 3. The summed E-state index contributed by atoms with van der Waals surface area (Å²) in [5.74, 6) is -0.0108. The molecule has 7 heteroatoms. The van der Waals surface area contributed by atoms with Gasteiger partial charge in [0.15, 0.2) is 0 Å². The summed E-state index contributed by atoms with van der Waals surface area (Å²) in [6, 6.07) is 6.36. The molecular weight excluding hydrogens is 266 g/mol. The second-order valence-corrected chi connectivity index (χ2v) is 6.04. The van der Waals surface area contributed by atoms with Gasteiger partial charge in [0, 0.05) is 11.6 Å². The van der Waals surface area contributed by atoms with E-state index in [-0.39, 0.29) is 17.7 Å². The van der Waals surface area contributed by atoms with Crippen molar-refractivity contribution in [2.45, 2.75) is 20.8 Å². The van der Waals surface area contributed by atoms with E-state index in [4.69, 9.17) is 5.14 Å². The molecule has 1 unspecified atom stereocenters. The van der Waals surface area contributed by atoms with Crippen molar-refractivity contribution in [2.75, 3.05) is 10.0 Å². The summed E-state index contributed by atoms with van der Waals surface area (Å²) in [4.78, 5) is 11.9. The number of nitrogens with two attached hydrogens (primary N) is 1. The van der Waals surface area contributed by atoms with Crippen LogP contribution in [-0.4, -0.2) is 14.3 Å². The van der Waals surface area contributed by atoms with Crippen LogP contribution in [-0.2, 0) is 15.0 Å². The molecule has 0 heterocycles. The molecule has 0 saturated carbocycles. The van der Waals surface area contributed by atoms with E-state index in [1.807, 2.05) is 20.8 Å². The van der Waals surface area contributed by atoms with Gasteiger partial charge in [-0.25, -0.2) is 5.14 Å². The molecule has 0 saturated heterocycles. The number of amides is 1. The molecule has 1 atom stereocenters. The van der Waals surface area contributed by atoms with Gasteiger partial charge in [0.25, 0.3) is 10.2 Å². The fourth-order valence-electron chi connectivity index (χ4n) is 1.38. The number of rotatable bonds is 5. The molecule has 1 amide bonds. The molecule has 0 spiro atoms. The van der Waals surface area contributed by atoms with Crippen molar-refractivity contribution in [3.8, 4) is 0 Å². The van der Waals surface area contributed by atoms with Gasteiger partial charge in [0.05, 0.1) is 5.69 Å². The monoisotopic (exact) mass is 285 g/mol. The topological polar surface area (TPSA) is 101 Å². The van der Waals surface area contributed by atoms with E-state index in [0.29, 0.717) is 11.4 Å². The molecule has 6 nitrogen and oxygen atoms in total. The third-order valence-electron chi connectivity index (χ3n) is 2.80. The van der Waals surface area contributed by atoms with Gasteiger partial charge in [0.2, 0.25) is 5.91 Å². The summed E-state index contributed by atoms with van der Waals surface area (Å²) in [7, 11) is -3.81. The van der Waals surface area contributed by atoms with Crippen molar-refractivity contribution in [2.24, 2.45) is 17.0 Å². The van der Waals surface area contributed by atoms with Gasteiger partial charge in [0.1, 0.15) is 0 Å². The lowest BCUT2D eigenvalue weighted by atomic mass is 9.97. The fraction of sp³-hybridized carbons (Fsp3) is 0.417. The number of carbonyl (C=O) groups excluding carboxylic acids is 1. The lowest BCUT2D eigenvalue weighted by Gasteiger charge is -2.15. The van der Waals surface area contributed by atoms with Crippen LogP contribution in [0.25, 0.3) is 0 Å². The normalized spacial score (nSPS) is 13.1. The predicted octanol–water partition coefficient (Wildman–Crippen LogP) is 1.53. The summed E-state index contributed by atoms with van der Waals surface area (Å²) in [5, 5.41) is 7.62. The molecule has 106 valence electrons. The number of nitrogens with one attached hydrogen (secondary N) is 2. The largest absolute Gasteiger partial charge is 0.326 e. The van der Waals surface area contributed by atoms with Crippen LogP contribution in [0.1, 0.15) is 20.8 Å². The number of benzene rings is 1. The first-order chi connectivity index (χ1) is 8.69. The first-order valence-electron chi connectivity index (χ1n) is 5.90. The van der Waals surface area contributed by atoms with Crippen molar-refractivity contribution in [1.82, 2.24) is 0 Å². The molecule has 0 radical (unpaired) electrons. The van der Waals surface area contributed by atoms with E-state index in [1.165, 1.54) is 6.07 Å². The van der Waals surface area contributed by atoms with E-state index >= 15 is 0 Å². The van der Waals surface area contributed by atoms with Crippen LogP contribution in [0.2, 0.25) is 0 Å². The highest BCUT2D eigenvalue weighted by atomic mass is 32.2. The van der Waals surface area contributed by atoms with Crippen molar-refractivity contribution in [3.05, 3.63) is 24.3 Å². The Morgan fingerprint density at radius 3 is 2.32 bits per heavy atom. The molecule has 0 aliphatic heterocycles. The molecule has 1 aromatic rings. The Hall–Kier alpha value is -1.60. The SMILES string of the molecule is CC(C)C(C)C(=O)Nc1cccc(NS(N)(=O)=O)c1. The standard InChI is InChI=1S/C12H19N3O3S/c1-8(2)9(3)12(16)14-10-5-4-6-11(7-10)15-19(13,17)18/h4-9,15H,1-3H3,(H,14,16)(H2,13,17,18). The Balaban J connectivity index is 2.80. The number of carbonyl (C=O) groups is 1. The smallest absolute Gasteiger partial charge is 0.296 e. The highest BCUT2D eigenvalue weighted by Gasteiger charge is 2.16. The van der Waals surface area contributed by atoms with Crippen LogP contribution in [0.4, 0.5) is 11.4 Å². The van der Waals surface area contributed by atoms with Gasteiger partial charge >= 0.3 is 0 Å². The molecule has 0 aromatic heterocycles. The lowest BCUT2D eigenvalue weighted by molar-refractivity contribution is -0.120. The Kier molecular flexibility index (Phi) is 4.90. The maximum Gasteiger partial charge on any atom is 0.296 e. The molecule has 1 rings (SSSR count). The second kappa shape index (κ2) is 6.03. The number of anilines is 2. The quantitative estimate of drug-likeness (QED) is 0.764. The van der Waals surface area contributed by atoms with Crippen molar-refractivity contribution in [1.29, 1.82) is 0 Å². The number of hydrogen-bond donors (Lipinski definition) is 3. The van der Waals surface area contributed by atoms with Crippen LogP contribution >= 0.6 is 0 Å². The minimum Gasteiger partial charge on any atom is -0.326 e. The van der Waals surface area contributed by atoms with Crippen molar-refractivity contribution >= 4 is 27.5 Å². The summed E-state index contributed by atoms with van der Waals surface area (Å²) < 4.78 is 24.0.